The minimum Gasteiger partial charge on any atom is -0.396 e. The standard InChI is InChI=1S/C12H8Cl2F2N2O2S/c13-7-3-6(15)1-2-11(7)18-21(19,20)12-5-10(17)9(16)4-8(12)14/h1-5,18H,17H2. The van der Waals surface area contributed by atoms with E-state index in [-0.39, 0.29) is 21.4 Å². The normalized spacial score (nSPS) is 11.4. The van der Waals surface area contributed by atoms with E-state index < -0.39 is 26.6 Å². The van der Waals surface area contributed by atoms with Gasteiger partial charge in [0.1, 0.15) is 16.5 Å². The molecule has 0 aliphatic carbocycles. The minimum absolute atomic E-state index is 0.0444. The van der Waals surface area contributed by atoms with Gasteiger partial charge in [0.15, 0.2) is 0 Å². The van der Waals surface area contributed by atoms with Crippen molar-refractivity contribution in [1.82, 2.24) is 0 Å². The van der Waals surface area contributed by atoms with E-state index in [4.69, 9.17) is 28.9 Å². The molecule has 2 rings (SSSR count). The van der Waals surface area contributed by atoms with Crippen LogP contribution in [0.4, 0.5) is 20.2 Å². The second-order valence-electron chi connectivity index (χ2n) is 4.03. The third kappa shape index (κ3) is 3.37. The summed E-state index contributed by atoms with van der Waals surface area (Å²) in [6, 6.07) is 4.80. The molecule has 0 aliphatic heterocycles. The molecule has 0 bridgehead atoms. The van der Waals surface area contributed by atoms with Gasteiger partial charge in [-0.05, 0) is 30.3 Å². The lowest BCUT2D eigenvalue weighted by atomic mass is 10.3. The van der Waals surface area contributed by atoms with Crippen molar-refractivity contribution in [1.29, 1.82) is 0 Å². The molecule has 0 aromatic heterocycles. The van der Waals surface area contributed by atoms with E-state index in [1.807, 2.05) is 0 Å². The zero-order valence-corrected chi connectivity index (χ0v) is 12.5. The lowest BCUT2D eigenvalue weighted by Crippen LogP contribution is -2.14. The molecule has 21 heavy (non-hydrogen) atoms. The van der Waals surface area contributed by atoms with Crippen LogP contribution >= 0.6 is 23.2 Å². The number of nitrogen functional groups attached to an aromatic ring is 1. The predicted molar refractivity (Wildman–Crippen MR) is 78.0 cm³/mol. The molecule has 0 amide bonds. The number of sulfonamides is 1. The molecule has 9 heteroatoms. The average Bonchev–Trinajstić information content (AvgIpc) is 2.37. The number of nitrogens with one attached hydrogen (secondary N) is 1. The Bertz CT molecular complexity index is 813. The van der Waals surface area contributed by atoms with Crippen LogP contribution in [0.1, 0.15) is 0 Å². The molecule has 0 saturated carbocycles. The topological polar surface area (TPSA) is 72.2 Å². The SMILES string of the molecule is Nc1cc(S(=O)(=O)Nc2ccc(F)cc2Cl)c(Cl)cc1F. The Morgan fingerprint density at radius 1 is 1.05 bits per heavy atom. The molecular weight excluding hydrogens is 345 g/mol. The number of hydrogen-bond acceptors (Lipinski definition) is 3. The summed E-state index contributed by atoms with van der Waals surface area (Å²) in [4.78, 5) is -0.413. The van der Waals surface area contributed by atoms with Crippen LogP contribution in [0, 0.1) is 11.6 Å². The number of anilines is 2. The van der Waals surface area contributed by atoms with E-state index in [1.54, 1.807) is 0 Å². The Balaban J connectivity index is 2.46. The second kappa shape index (κ2) is 5.67. The molecule has 0 unspecified atom stereocenters. The molecule has 0 atom stereocenters. The van der Waals surface area contributed by atoms with Crippen LogP contribution in [-0.4, -0.2) is 8.42 Å². The smallest absolute Gasteiger partial charge is 0.263 e. The van der Waals surface area contributed by atoms with Crippen LogP contribution in [0.15, 0.2) is 35.2 Å². The van der Waals surface area contributed by atoms with Gasteiger partial charge >= 0.3 is 0 Å². The van der Waals surface area contributed by atoms with Crippen molar-refractivity contribution >= 4 is 44.6 Å². The largest absolute Gasteiger partial charge is 0.396 e. The molecule has 3 N–H and O–H groups in total. The summed E-state index contributed by atoms with van der Waals surface area (Å²) in [5.41, 5.74) is 4.91. The van der Waals surface area contributed by atoms with Crippen molar-refractivity contribution in [2.24, 2.45) is 0 Å². The number of hydrogen-bond donors (Lipinski definition) is 2. The van der Waals surface area contributed by atoms with E-state index in [0.717, 1.165) is 30.3 Å². The van der Waals surface area contributed by atoms with Crippen molar-refractivity contribution in [3.05, 3.63) is 52.0 Å². The van der Waals surface area contributed by atoms with Crippen LogP contribution in [0.3, 0.4) is 0 Å². The zero-order valence-electron chi connectivity index (χ0n) is 10.2. The monoisotopic (exact) mass is 352 g/mol. The Labute approximate surface area is 129 Å². The van der Waals surface area contributed by atoms with Crippen molar-refractivity contribution < 1.29 is 17.2 Å². The third-order valence-electron chi connectivity index (χ3n) is 2.52. The van der Waals surface area contributed by atoms with E-state index in [1.165, 1.54) is 0 Å². The predicted octanol–water partition coefficient (Wildman–Crippen LogP) is 3.65. The minimum atomic E-state index is -4.15. The van der Waals surface area contributed by atoms with Gasteiger partial charge in [-0.2, -0.15) is 0 Å². The number of halogens is 4. The second-order valence-corrected chi connectivity index (χ2v) is 6.50. The van der Waals surface area contributed by atoms with Gasteiger partial charge in [-0.15, -0.1) is 0 Å². The molecule has 2 aromatic rings. The number of benzene rings is 2. The van der Waals surface area contributed by atoms with Gasteiger partial charge in [-0.25, -0.2) is 17.2 Å². The molecule has 4 nitrogen and oxygen atoms in total. The van der Waals surface area contributed by atoms with Crippen LogP contribution in [0.2, 0.25) is 10.0 Å². The first kappa shape index (κ1) is 15.8. The van der Waals surface area contributed by atoms with E-state index >= 15 is 0 Å². The number of nitrogens with two attached hydrogens (primary N) is 1. The summed E-state index contributed by atoms with van der Waals surface area (Å²) < 4.78 is 52.6. The summed E-state index contributed by atoms with van der Waals surface area (Å²) in [5.74, 6) is -1.45. The summed E-state index contributed by atoms with van der Waals surface area (Å²) in [6.45, 7) is 0. The summed E-state index contributed by atoms with van der Waals surface area (Å²) >= 11 is 11.4. The molecule has 0 fully saturated rings. The zero-order chi connectivity index (χ0) is 15.8. The summed E-state index contributed by atoms with van der Waals surface area (Å²) in [5, 5.41) is -0.475. The van der Waals surface area contributed by atoms with Crippen LogP contribution < -0.4 is 10.5 Å². The highest BCUT2D eigenvalue weighted by molar-refractivity contribution is 7.92. The Kier molecular flexibility index (Phi) is 4.27. The molecule has 2 aromatic carbocycles. The maximum atomic E-state index is 13.2. The van der Waals surface area contributed by atoms with Crippen molar-refractivity contribution in [2.45, 2.75) is 4.90 Å². The Morgan fingerprint density at radius 3 is 2.33 bits per heavy atom. The fourth-order valence-corrected chi connectivity index (χ4v) is 3.42. The van der Waals surface area contributed by atoms with Crippen LogP contribution in [-0.2, 0) is 10.0 Å². The summed E-state index contributed by atoms with van der Waals surface area (Å²) in [6.07, 6.45) is 0. The highest BCUT2D eigenvalue weighted by Crippen LogP contribution is 2.30. The maximum Gasteiger partial charge on any atom is 0.263 e. The fraction of sp³-hybridized carbons (Fsp3) is 0. The molecule has 0 aliphatic rings. The van der Waals surface area contributed by atoms with Gasteiger partial charge < -0.3 is 5.73 Å². The first-order chi connectivity index (χ1) is 9.70. The highest BCUT2D eigenvalue weighted by atomic mass is 35.5. The van der Waals surface area contributed by atoms with Gasteiger partial charge in [-0.1, -0.05) is 23.2 Å². The first-order valence-electron chi connectivity index (χ1n) is 5.43. The maximum absolute atomic E-state index is 13.2. The van der Waals surface area contributed by atoms with Crippen molar-refractivity contribution in [3.8, 4) is 0 Å². The molecular formula is C12H8Cl2F2N2O2S. The van der Waals surface area contributed by atoms with Gasteiger partial charge in [0.25, 0.3) is 10.0 Å². The average molecular weight is 353 g/mol. The highest BCUT2D eigenvalue weighted by Gasteiger charge is 2.21. The number of rotatable bonds is 3. The lowest BCUT2D eigenvalue weighted by Gasteiger charge is -2.11. The molecule has 112 valence electrons. The fourth-order valence-electron chi connectivity index (χ4n) is 1.52. The molecule has 0 saturated heterocycles. The third-order valence-corrected chi connectivity index (χ3v) is 4.66. The van der Waals surface area contributed by atoms with Crippen LogP contribution in [0.25, 0.3) is 0 Å². The van der Waals surface area contributed by atoms with Crippen LogP contribution in [0.5, 0.6) is 0 Å². The summed E-state index contributed by atoms with van der Waals surface area (Å²) in [7, 11) is -4.15. The van der Waals surface area contributed by atoms with Gasteiger partial charge in [0, 0.05) is 0 Å². The van der Waals surface area contributed by atoms with Gasteiger partial charge in [0.2, 0.25) is 0 Å². The quantitative estimate of drug-likeness (QED) is 0.828. The van der Waals surface area contributed by atoms with E-state index in [9.17, 15) is 17.2 Å². The van der Waals surface area contributed by atoms with E-state index in [0.29, 0.717) is 0 Å². The van der Waals surface area contributed by atoms with Gasteiger partial charge in [-0.3, -0.25) is 4.72 Å². The van der Waals surface area contributed by atoms with Crippen molar-refractivity contribution in [2.75, 3.05) is 10.5 Å². The lowest BCUT2D eigenvalue weighted by molar-refractivity contribution is 0.600. The Morgan fingerprint density at radius 2 is 1.71 bits per heavy atom. The first-order valence-corrected chi connectivity index (χ1v) is 7.67. The molecule has 0 heterocycles. The Hall–Kier alpha value is -1.57. The van der Waals surface area contributed by atoms with Crippen molar-refractivity contribution in [3.63, 3.8) is 0 Å². The molecule has 0 radical (unpaired) electrons. The van der Waals surface area contributed by atoms with Gasteiger partial charge in [0.05, 0.1) is 21.4 Å². The molecule has 0 spiro atoms. The van der Waals surface area contributed by atoms with E-state index in [2.05, 4.69) is 4.72 Å².